The van der Waals surface area contributed by atoms with E-state index in [9.17, 15) is 4.39 Å². The summed E-state index contributed by atoms with van der Waals surface area (Å²) in [5, 5.41) is 0.624. The summed E-state index contributed by atoms with van der Waals surface area (Å²) in [4.78, 5) is 0.0844. The molecule has 2 nitrogen and oxygen atoms in total. The Balaban J connectivity index is 2.40. The minimum absolute atomic E-state index is 0.0844. The second-order valence-corrected chi connectivity index (χ2v) is 4.89. The van der Waals surface area contributed by atoms with Gasteiger partial charge in [-0.3, -0.25) is 0 Å². The first-order valence-corrected chi connectivity index (χ1v) is 6.29. The standard InChI is InChI=1S/C14H11ClFNOS/c1-8-6-9(15)2-4-12(8)18-13-5-3-10(16)7-11(13)14(17)19/h2-7H,1H3,(H2,17,19). The Morgan fingerprint density at radius 3 is 2.53 bits per heavy atom. The minimum Gasteiger partial charge on any atom is -0.456 e. The van der Waals surface area contributed by atoms with Gasteiger partial charge in [0.2, 0.25) is 0 Å². The first-order chi connectivity index (χ1) is 8.97. The number of aryl methyl sites for hydroxylation is 1. The van der Waals surface area contributed by atoms with Crippen LogP contribution in [0.1, 0.15) is 11.1 Å². The molecule has 0 aliphatic rings. The van der Waals surface area contributed by atoms with Crippen LogP contribution in [-0.4, -0.2) is 4.99 Å². The number of halogens is 2. The Morgan fingerprint density at radius 2 is 1.89 bits per heavy atom. The zero-order valence-electron chi connectivity index (χ0n) is 10.1. The molecule has 0 aliphatic carbocycles. The smallest absolute Gasteiger partial charge is 0.137 e. The van der Waals surface area contributed by atoms with E-state index in [1.807, 2.05) is 6.92 Å². The van der Waals surface area contributed by atoms with E-state index in [0.29, 0.717) is 22.1 Å². The van der Waals surface area contributed by atoms with Crippen molar-refractivity contribution in [3.05, 3.63) is 58.4 Å². The summed E-state index contributed by atoms with van der Waals surface area (Å²) in [7, 11) is 0. The predicted octanol–water partition coefficient (Wildman–Crippen LogP) is 4.21. The predicted molar refractivity (Wildman–Crippen MR) is 78.6 cm³/mol. The number of hydrogen-bond acceptors (Lipinski definition) is 2. The molecule has 0 amide bonds. The highest BCUT2D eigenvalue weighted by Gasteiger charge is 2.10. The number of ether oxygens (including phenoxy) is 1. The van der Waals surface area contributed by atoms with E-state index in [0.717, 1.165) is 5.56 Å². The third kappa shape index (κ3) is 3.22. The lowest BCUT2D eigenvalue weighted by molar-refractivity contribution is 0.476. The second-order valence-electron chi connectivity index (χ2n) is 4.02. The number of thiocarbonyl (C=S) groups is 1. The van der Waals surface area contributed by atoms with Crippen LogP contribution in [0.2, 0.25) is 5.02 Å². The van der Waals surface area contributed by atoms with Gasteiger partial charge in [0.1, 0.15) is 22.3 Å². The molecular formula is C14H11ClFNOS. The van der Waals surface area contributed by atoms with Gasteiger partial charge in [-0.25, -0.2) is 4.39 Å². The Kier molecular flexibility index (Phi) is 4.02. The molecule has 98 valence electrons. The van der Waals surface area contributed by atoms with E-state index in [4.69, 9.17) is 34.3 Å². The average molecular weight is 296 g/mol. The maximum absolute atomic E-state index is 13.2. The molecule has 2 aromatic carbocycles. The molecule has 0 aliphatic heterocycles. The monoisotopic (exact) mass is 295 g/mol. The van der Waals surface area contributed by atoms with Gasteiger partial charge in [-0.15, -0.1) is 0 Å². The van der Waals surface area contributed by atoms with Crippen molar-refractivity contribution in [2.75, 3.05) is 0 Å². The maximum Gasteiger partial charge on any atom is 0.137 e. The van der Waals surface area contributed by atoms with Gasteiger partial charge in [-0.1, -0.05) is 23.8 Å². The number of hydrogen-bond donors (Lipinski definition) is 1. The van der Waals surface area contributed by atoms with Gasteiger partial charge in [0.25, 0.3) is 0 Å². The summed E-state index contributed by atoms with van der Waals surface area (Å²) in [5.74, 6) is 0.621. The van der Waals surface area contributed by atoms with Gasteiger partial charge in [0.15, 0.2) is 0 Å². The quantitative estimate of drug-likeness (QED) is 0.861. The molecule has 0 saturated carbocycles. The summed E-state index contributed by atoms with van der Waals surface area (Å²) in [5.41, 5.74) is 6.79. The Labute approximate surface area is 120 Å². The largest absolute Gasteiger partial charge is 0.456 e. The molecule has 5 heteroatoms. The zero-order valence-corrected chi connectivity index (χ0v) is 11.7. The highest BCUT2D eigenvalue weighted by molar-refractivity contribution is 7.80. The Morgan fingerprint density at radius 1 is 1.21 bits per heavy atom. The lowest BCUT2D eigenvalue weighted by Crippen LogP contribution is -2.11. The number of benzene rings is 2. The van der Waals surface area contributed by atoms with E-state index < -0.39 is 5.82 Å². The molecule has 0 radical (unpaired) electrons. The minimum atomic E-state index is -0.414. The highest BCUT2D eigenvalue weighted by atomic mass is 35.5. The second kappa shape index (κ2) is 5.55. The summed E-state index contributed by atoms with van der Waals surface area (Å²) < 4.78 is 18.9. The summed E-state index contributed by atoms with van der Waals surface area (Å²) in [6.45, 7) is 1.87. The van der Waals surface area contributed by atoms with Gasteiger partial charge >= 0.3 is 0 Å². The maximum atomic E-state index is 13.2. The van der Waals surface area contributed by atoms with Crippen LogP contribution in [0, 0.1) is 12.7 Å². The lowest BCUT2D eigenvalue weighted by Gasteiger charge is -2.12. The first-order valence-electron chi connectivity index (χ1n) is 5.51. The molecule has 0 fully saturated rings. The van der Waals surface area contributed by atoms with Gasteiger partial charge in [-0.2, -0.15) is 0 Å². The van der Waals surface area contributed by atoms with Crippen molar-refractivity contribution in [2.24, 2.45) is 5.73 Å². The van der Waals surface area contributed by atoms with Crippen LogP contribution < -0.4 is 10.5 Å². The van der Waals surface area contributed by atoms with Crippen LogP contribution in [0.5, 0.6) is 11.5 Å². The first kappa shape index (κ1) is 13.8. The third-order valence-corrected chi connectivity index (χ3v) is 3.02. The van der Waals surface area contributed by atoms with E-state index in [-0.39, 0.29) is 4.99 Å². The molecular weight excluding hydrogens is 285 g/mol. The van der Waals surface area contributed by atoms with Crippen LogP contribution in [-0.2, 0) is 0 Å². The van der Waals surface area contributed by atoms with E-state index in [1.165, 1.54) is 18.2 Å². The van der Waals surface area contributed by atoms with E-state index in [1.54, 1.807) is 18.2 Å². The fourth-order valence-corrected chi connectivity index (χ4v) is 2.02. The summed E-state index contributed by atoms with van der Waals surface area (Å²) >= 11 is 10.8. The van der Waals surface area contributed by atoms with Crippen LogP contribution in [0.4, 0.5) is 4.39 Å². The summed E-state index contributed by atoms with van der Waals surface area (Å²) in [6, 6.07) is 9.28. The van der Waals surface area contributed by atoms with Crippen molar-refractivity contribution in [3.8, 4) is 11.5 Å². The van der Waals surface area contributed by atoms with Crippen molar-refractivity contribution in [1.29, 1.82) is 0 Å². The summed E-state index contributed by atoms with van der Waals surface area (Å²) in [6.07, 6.45) is 0. The van der Waals surface area contributed by atoms with Crippen molar-refractivity contribution in [2.45, 2.75) is 6.92 Å². The van der Waals surface area contributed by atoms with Gasteiger partial charge in [0, 0.05) is 5.02 Å². The number of rotatable bonds is 3. The fourth-order valence-electron chi connectivity index (χ4n) is 1.63. The molecule has 2 N–H and O–H groups in total. The van der Waals surface area contributed by atoms with Gasteiger partial charge < -0.3 is 10.5 Å². The van der Waals surface area contributed by atoms with Crippen LogP contribution in [0.15, 0.2) is 36.4 Å². The third-order valence-electron chi connectivity index (χ3n) is 2.56. The fraction of sp³-hybridized carbons (Fsp3) is 0.0714. The normalized spacial score (nSPS) is 10.3. The number of nitrogens with two attached hydrogens (primary N) is 1. The topological polar surface area (TPSA) is 35.2 Å². The lowest BCUT2D eigenvalue weighted by atomic mass is 10.2. The van der Waals surface area contributed by atoms with Crippen LogP contribution in [0.25, 0.3) is 0 Å². The molecule has 0 bridgehead atoms. The van der Waals surface area contributed by atoms with Crippen LogP contribution in [0.3, 0.4) is 0 Å². The molecule has 0 saturated heterocycles. The molecule has 0 spiro atoms. The Bertz CT molecular complexity index is 645. The molecule has 0 heterocycles. The molecule has 0 unspecified atom stereocenters. The van der Waals surface area contributed by atoms with Crippen molar-refractivity contribution >= 4 is 28.8 Å². The Hall–Kier alpha value is -1.65. The molecule has 0 atom stereocenters. The van der Waals surface area contributed by atoms with E-state index >= 15 is 0 Å². The van der Waals surface area contributed by atoms with Crippen molar-refractivity contribution in [3.63, 3.8) is 0 Å². The average Bonchev–Trinajstić information content (AvgIpc) is 2.34. The SMILES string of the molecule is Cc1cc(Cl)ccc1Oc1ccc(F)cc1C(N)=S. The molecule has 0 aromatic heterocycles. The van der Waals surface area contributed by atoms with E-state index in [2.05, 4.69) is 0 Å². The molecule has 19 heavy (non-hydrogen) atoms. The zero-order chi connectivity index (χ0) is 14.0. The van der Waals surface area contributed by atoms with Crippen molar-refractivity contribution in [1.82, 2.24) is 0 Å². The molecule has 2 rings (SSSR count). The van der Waals surface area contributed by atoms with Crippen molar-refractivity contribution < 1.29 is 9.13 Å². The van der Waals surface area contributed by atoms with Gasteiger partial charge in [0.05, 0.1) is 5.56 Å². The van der Waals surface area contributed by atoms with Gasteiger partial charge in [-0.05, 0) is 48.9 Å². The highest BCUT2D eigenvalue weighted by Crippen LogP contribution is 2.30. The van der Waals surface area contributed by atoms with Crippen LogP contribution >= 0.6 is 23.8 Å². The molecule has 2 aromatic rings.